The number of aryl methyl sites for hydroxylation is 2. The van der Waals surface area contributed by atoms with Gasteiger partial charge in [-0.05, 0) is 185 Å². The monoisotopic (exact) mass is 1570 g/mol. The lowest BCUT2D eigenvalue weighted by atomic mass is 9.99. The van der Waals surface area contributed by atoms with Crippen LogP contribution in [0.4, 0.5) is 0 Å². The third-order valence-corrected chi connectivity index (χ3v) is 28.7. The average molecular weight is 1570 g/mol. The number of H-pyrrole nitrogens is 3. The van der Waals surface area contributed by atoms with Gasteiger partial charge in [0.2, 0.25) is 0 Å². The van der Waals surface area contributed by atoms with E-state index in [1.54, 1.807) is 0 Å². The van der Waals surface area contributed by atoms with E-state index >= 15 is 0 Å². The molecule has 0 amide bonds. The second-order valence-electron chi connectivity index (χ2n) is 32.2. The molecule has 28 aromatic rings. The number of hydrogen-bond acceptors (Lipinski definition) is 3. The van der Waals surface area contributed by atoms with E-state index in [9.17, 15) is 0 Å². The number of fused-ring (bicyclic) bond motifs is 36. The van der Waals surface area contributed by atoms with Crippen LogP contribution in [0.1, 0.15) is 11.1 Å². The van der Waals surface area contributed by atoms with Gasteiger partial charge in [0.1, 0.15) is 0 Å². The van der Waals surface area contributed by atoms with Crippen LogP contribution in [0.15, 0.2) is 358 Å². The number of thiophene rings is 3. The van der Waals surface area contributed by atoms with Gasteiger partial charge in [0.05, 0.1) is 49.7 Å². The topological polar surface area (TPSA) is 62.2 Å². The molecule has 9 aromatic heterocycles. The summed E-state index contributed by atoms with van der Waals surface area (Å²) >= 11 is 5.70. The maximum absolute atomic E-state index is 3.80. The minimum Gasteiger partial charge on any atom is -0.354 e. The fourth-order valence-corrected chi connectivity index (χ4v) is 23.8. The number of aromatic nitrogens is 6. The first-order valence-corrected chi connectivity index (χ1v) is 43.2. The van der Waals surface area contributed by atoms with Gasteiger partial charge in [0.15, 0.2) is 0 Å². The maximum Gasteiger partial charge on any atom is 0.0619 e. The third kappa shape index (κ3) is 9.92. The molecule has 0 spiro atoms. The Bertz CT molecular complexity index is 9190. The summed E-state index contributed by atoms with van der Waals surface area (Å²) in [5, 5.41) is 31.2. The number of hydrogen-bond donors (Lipinski definition) is 3. The first kappa shape index (κ1) is 66.7. The molecule has 28 rings (SSSR count). The number of para-hydroxylation sites is 5. The number of nitrogens with zero attached hydrogens (tertiary/aromatic N) is 3. The third-order valence-electron chi connectivity index (χ3n) is 25.3. The van der Waals surface area contributed by atoms with E-state index in [0.717, 1.165) is 0 Å². The van der Waals surface area contributed by atoms with E-state index in [4.69, 9.17) is 0 Å². The van der Waals surface area contributed by atoms with Crippen LogP contribution in [0.3, 0.4) is 0 Å². The van der Waals surface area contributed by atoms with Crippen molar-refractivity contribution >= 4 is 258 Å². The highest BCUT2D eigenvalue weighted by atomic mass is 32.1. The zero-order chi connectivity index (χ0) is 78.0. The molecule has 0 aliphatic heterocycles. The predicted molar refractivity (Wildman–Crippen MR) is 517 cm³/mol. The second kappa shape index (κ2) is 25.5. The highest BCUT2D eigenvalue weighted by Crippen LogP contribution is 2.52. The zero-order valence-electron chi connectivity index (χ0n) is 64.6. The summed E-state index contributed by atoms with van der Waals surface area (Å²) < 4.78 is 15.3. The molecule has 0 fully saturated rings. The van der Waals surface area contributed by atoms with Crippen molar-refractivity contribution in [2.24, 2.45) is 0 Å². The highest BCUT2D eigenvalue weighted by Gasteiger charge is 2.25. The average Bonchev–Trinajstić information content (AvgIpc) is 1.55. The van der Waals surface area contributed by atoms with Crippen molar-refractivity contribution in [3.8, 4) is 28.2 Å². The Morgan fingerprint density at radius 2 is 0.655 bits per heavy atom. The van der Waals surface area contributed by atoms with E-state index < -0.39 is 0 Å². The Labute approximate surface area is 692 Å². The number of aromatic amines is 3. The Morgan fingerprint density at radius 3 is 1.32 bits per heavy atom. The van der Waals surface area contributed by atoms with Gasteiger partial charge in [-0.15, -0.1) is 34.0 Å². The largest absolute Gasteiger partial charge is 0.354 e. The van der Waals surface area contributed by atoms with Gasteiger partial charge in [0.25, 0.3) is 0 Å². The standard InChI is InChI=1S/C38H22N2S.C36H24N2S.C36H22N2S/c1-2-12-24(13-3-1)40-32-19-23-11-5-4-10-22(23)18-28(32)29-20-30-34(21-33(29)40)41-38-35(30)25-14-6-7-15-26(25)37-36(38)27-16-8-9-17-31(27)39-37;1-20-15-21(2)17-23(16-20)38-31-19-33-29(18-28(31)27-12-11-22-7-3-4-8-24(22)36(27)38)34-32(39-33)14-13-26-25-9-5-6-10-30(25)37-35(26)34;1-3-9-22(10-4-1)23-15-17-30-27(19-23)26-16-18-33-35(36(26)37-30)29-20-28-25-13-7-8-14-31(25)38(24-11-5-2-6-12-24)32(28)21-34(29)39-33/h1-21,39H;3-19,37H,1-2H3;1-21,37H. The Morgan fingerprint density at radius 1 is 0.210 bits per heavy atom. The summed E-state index contributed by atoms with van der Waals surface area (Å²) in [5.41, 5.74) is 23.5. The minimum absolute atomic E-state index is 1.18. The molecule has 0 atom stereocenters. The fraction of sp³-hybridized carbons (Fsp3) is 0.0182. The minimum atomic E-state index is 1.18. The van der Waals surface area contributed by atoms with Gasteiger partial charge >= 0.3 is 0 Å². The lowest BCUT2D eigenvalue weighted by Crippen LogP contribution is -1.96. The summed E-state index contributed by atoms with van der Waals surface area (Å²) in [7, 11) is 0. The molecule has 0 aliphatic carbocycles. The summed E-state index contributed by atoms with van der Waals surface area (Å²) in [6.45, 7) is 4.39. The number of benzene rings is 19. The van der Waals surface area contributed by atoms with Gasteiger partial charge < -0.3 is 28.7 Å². The van der Waals surface area contributed by atoms with Crippen molar-refractivity contribution < 1.29 is 0 Å². The molecule has 0 saturated carbocycles. The van der Waals surface area contributed by atoms with Crippen molar-refractivity contribution in [3.63, 3.8) is 0 Å². The Kier molecular flexibility index (Phi) is 14.3. The second-order valence-corrected chi connectivity index (χ2v) is 35.4. The van der Waals surface area contributed by atoms with Gasteiger partial charge in [-0.2, -0.15) is 0 Å². The van der Waals surface area contributed by atoms with Crippen LogP contribution in [-0.2, 0) is 0 Å². The first-order valence-electron chi connectivity index (χ1n) is 40.8. The molecule has 3 N–H and O–H groups in total. The van der Waals surface area contributed by atoms with Crippen LogP contribution in [0, 0.1) is 13.8 Å². The van der Waals surface area contributed by atoms with Gasteiger partial charge in [-0.3, -0.25) is 0 Å². The lowest BCUT2D eigenvalue weighted by molar-refractivity contribution is 1.17. The predicted octanol–water partition coefficient (Wildman–Crippen LogP) is 32.1. The van der Waals surface area contributed by atoms with Gasteiger partial charge in [-0.25, -0.2) is 0 Å². The normalized spacial score (nSPS) is 12.3. The van der Waals surface area contributed by atoms with Crippen molar-refractivity contribution in [1.29, 1.82) is 0 Å². The van der Waals surface area contributed by atoms with E-state index in [1.807, 2.05) is 34.0 Å². The van der Waals surface area contributed by atoms with E-state index in [2.05, 4.69) is 400 Å². The molecule has 0 bridgehead atoms. The van der Waals surface area contributed by atoms with Crippen LogP contribution < -0.4 is 0 Å². The molecule has 19 aromatic carbocycles. The number of nitrogens with one attached hydrogen (secondary N) is 3. The Balaban J connectivity index is 0.0000000969. The molecule has 9 heterocycles. The first-order chi connectivity index (χ1) is 58.8. The molecule has 9 heteroatoms. The van der Waals surface area contributed by atoms with Gasteiger partial charge in [-0.1, -0.05) is 231 Å². The van der Waals surface area contributed by atoms with E-state index in [0.29, 0.717) is 0 Å². The molecule has 0 saturated heterocycles. The summed E-state index contributed by atoms with van der Waals surface area (Å²) in [4.78, 5) is 11.3. The van der Waals surface area contributed by atoms with Crippen LogP contribution in [0.25, 0.3) is 252 Å². The summed E-state index contributed by atoms with van der Waals surface area (Å²) in [5.74, 6) is 0. The van der Waals surface area contributed by atoms with Crippen molar-refractivity contribution in [2.75, 3.05) is 0 Å². The smallest absolute Gasteiger partial charge is 0.0619 e. The highest BCUT2D eigenvalue weighted by molar-refractivity contribution is 7.27. The molecular weight excluding hydrogens is 1500 g/mol. The SMILES string of the molecule is Cc1cc(C)cc(-n2c3cc4sc5ccc6c7ccccc7[nH]c6c5c4cc3c3ccc4ccccc4c32)c1.c1ccc(-c2ccc3[nH]c4c(ccc5sc6cc7c(cc6c54)c4ccccc4n7-c4ccccc4)c3c2)cc1.c1ccc(-n2c3cc4ccccc4cc3c3cc4c(cc32)sc2c4c3ccccc3c3[nH]c4ccccc4c32)cc1. The van der Waals surface area contributed by atoms with Crippen LogP contribution in [0.5, 0.6) is 0 Å². The maximum atomic E-state index is 3.80. The summed E-state index contributed by atoms with van der Waals surface area (Å²) in [6.07, 6.45) is 0. The van der Waals surface area contributed by atoms with E-state index in [1.165, 1.54) is 263 Å². The van der Waals surface area contributed by atoms with Crippen molar-refractivity contribution in [1.82, 2.24) is 28.7 Å². The lowest BCUT2D eigenvalue weighted by Gasteiger charge is -2.12. The molecule has 6 nitrogen and oxygen atoms in total. The van der Waals surface area contributed by atoms with Crippen molar-refractivity contribution in [2.45, 2.75) is 13.8 Å². The van der Waals surface area contributed by atoms with Crippen LogP contribution in [-0.4, -0.2) is 28.7 Å². The molecule has 0 unspecified atom stereocenters. The molecular formula is C110H68N6S3. The molecule has 0 radical (unpaired) electrons. The van der Waals surface area contributed by atoms with Crippen LogP contribution in [0.2, 0.25) is 0 Å². The quantitative estimate of drug-likeness (QED) is 0.157. The molecule has 556 valence electrons. The zero-order valence-corrected chi connectivity index (χ0v) is 67.1. The fourth-order valence-electron chi connectivity index (χ4n) is 20.3. The van der Waals surface area contributed by atoms with Gasteiger partial charge in [0, 0.05) is 170 Å². The van der Waals surface area contributed by atoms with Crippen molar-refractivity contribution in [3.05, 3.63) is 369 Å². The number of rotatable bonds is 4. The molecule has 119 heavy (non-hydrogen) atoms. The van der Waals surface area contributed by atoms with Crippen LogP contribution >= 0.6 is 34.0 Å². The Hall–Kier alpha value is -14.6. The molecule has 0 aliphatic rings. The summed E-state index contributed by atoms with van der Waals surface area (Å²) in [6, 6.07) is 131. The van der Waals surface area contributed by atoms with E-state index in [-0.39, 0.29) is 0 Å².